The van der Waals surface area contributed by atoms with Crippen LogP contribution in [0.3, 0.4) is 0 Å². The molecule has 0 radical (unpaired) electrons. The zero-order valence-electron chi connectivity index (χ0n) is 13.8. The van der Waals surface area contributed by atoms with E-state index in [1.165, 1.54) is 12.3 Å². The minimum atomic E-state index is -0.300. The number of halogens is 1. The first-order valence-corrected chi connectivity index (χ1v) is 8.24. The molecule has 0 bridgehead atoms. The molecule has 3 aromatic rings. The van der Waals surface area contributed by atoms with Gasteiger partial charge < -0.3 is 10.6 Å². The molecule has 8 heteroatoms. The minimum Gasteiger partial charge on any atom is -0.352 e. The van der Waals surface area contributed by atoms with Crippen molar-refractivity contribution < 1.29 is 9.59 Å². The average molecular weight is 370 g/mol. The van der Waals surface area contributed by atoms with Gasteiger partial charge in [-0.3, -0.25) is 9.59 Å². The van der Waals surface area contributed by atoms with Crippen molar-refractivity contribution in [1.82, 2.24) is 19.9 Å². The summed E-state index contributed by atoms with van der Waals surface area (Å²) in [6.07, 6.45) is 6.88. The first-order valence-electron chi connectivity index (χ1n) is 7.86. The molecule has 0 aliphatic rings. The number of carbonyl (C=O) groups excluding carboxylic acids is 2. The van der Waals surface area contributed by atoms with Crippen molar-refractivity contribution in [3.05, 3.63) is 71.7 Å². The summed E-state index contributed by atoms with van der Waals surface area (Å²) in [6.45, 7) is 3.84. The molecule has 0 fully saturated rings. The van der Waals surface area contributed by atoms with Crippen LogP contribution in [0.25, 0.3) is 5.65 Å². The Bertz CT molecular complexity index is 965. The fourth-order valence-electron chi connectivity index (χ4n) is 2.33. The molecule has 0 aliphatic carbocycles. The molecule has 2 N–H and O–H groups in total. The van der Waals surface area contributed by atoms with Gasteiger partial charge in [0.25, 0.3) is 5.91 Å². The number of fused-ring (bicyclic) bond motifs is 1. The lowest BCUT2D eigenvalue weighted by atomic mass is 10.2. The molecule has 0 saturated carbocycles. The van der Waals surface area contributed by atoms with Crippen molar-refractivity contribution in [3.63, 3.8) is 0 Å². The van der Waals surface area contributed by atoms with Crippen LogP contribution in [-0.4, -0.2) is 33.0 Å². The Hall–Kier alpha value is -3.19. The highest BCUT2D eigenvalue weighted by atomic mass is 35.5. The standard InChI is InChI=1S/C18H16ClN5O2/c1-2-16(25)23-14-5-3-13(4-6-14)18(26)20-8-7-12-9-21-17-15(19)10-22-24(17)11-12/h2-6,9-11H,1,7-8H2,(H,20,26)(H,23,25). The summed E-state index contributed by atoms with van der Waals surface area (Å²) in [5.74, 6) is -0.492. The van der Waals surface area contributed by atoms with Crippen LogP contribution in [0.1, 0.15) is 15.9 Å². The molecule has 26 heavy (non-hydrogen) atoms. The Morgan fingerprint density at radius 1 is 1.23 bits per heavy atom. The van der Waals surface area contributed by atoms with Crippen molar-refractivity contribution in [2.45, 2.75) is 6.42 Å². The van der Waals surface area contributed by atoms with Gasteiger partial charge in [-0.05, 0) is 42.3 Å². The van der Waals surface area contributed by atoms with E-state index in [0.717, 1.165) is 5.56 Å². The van der Waals surface area contributed by atoms with Crippen LogP contribution in [0.15, 0.2) is 55.5 Å². The van der Waals surface area contributed by atoms with E-state index < -0.39 is 0 Å². The van der Waals surface area contributed by atoms with Gasteiger partial charge in [-0.15, -0.1) is 0 Å². The molecule has 0 aliphatic heterocycles. The van der Waals surface area contributed by atoms with Crippen LogP contribution in [0.2, 0.25) is 5.02 Å². The van der Waals surface area contributed by atoms with E-state index in [-0.39, 0.29) is 11.8 Å². The third-order valence-electron chi connectivity index (χ3n) is 3.67. The summed E-state index contributed by atoms with van der Waals surface area (Å²) in [7, 11) is 0. The lowest BCUT2D eigenvalue weighted by molar-refractivity contribution is -0.111. The monoisotopic (exact) mass is 369 g/mol. The third kappa shape index (κ3) is 4.07. The number of aromatic nitrogens is 3. The Morgan fingerprint density at radius 2 is 2.00 bits per heavy atom. The molecular formula is C18H16ClN5O2. The molecule has 2 aromatic heterocycles. The molecule has 1 aromatic carbocycles. The first kappa shape index (κ1) is 17.6. The number of hydrogen-bond acceptors (Lipinski definition) is 4. The van der Waals surface area contributed by atoms with Crippen LogP contribution < -0.4 is 10.6 Å². The lowest BCUT2D eigenvalue weighted by Gasteiger charge is -2.07. The zero-order valence-corrected chi connectivity index (χ0v) is 14.5. The van der Waals surface area contributed by atoms with Gasteiger partial charge in [-0.25, -0.2) is 9.50 Å². The third-order valence-corrected chi connectivity index (χ3v) is 3.93. The van der Waals surface area contributed by atoms with Crippen LogP contribution in [0.4, 0.5) is 5.69 Å². The predicted octanol–water partition coefficient (Wildman–Crippen LogP) is 2.48. The van der Waals surface area contributed by atoms with Crippen LogP contribution in [0.5, 0.6) is 0 Å². The lowest BCUT2D eigenvalue weighted by Crippen LogP contribution is -2.25. The number of carbonyl (C=O) groups is 2. The topological polar surface area (TPSA) is 88.4 Å². The zero-order chi connectivity index (χ0) is 18.5. The van der Waals surface area contributed by atoms with E-state index in [0.29, 0.717) is 34.9 Å². The first-order chi connectivity index (χ1) is 12.6. The number of hydrogen-bond donors (Lipinski definition) is 2. The highest BCUT2D eigenvalue weighted by Crippen LogP contribution is 2.14. The minimum absolute atomic E-state index is 0.192. The molecule has 0 spiro atoms. The fourth-order valence-corrected chi connectivity index (χ4v) is 2.51. The number of benzene rings is 1. The van der Waals surface area contributed by atoms with Gasteiger partial charge in [0.1, 0.15) is 5.02 Å². The second-order valence-corrected chi connectivity index (χ2v) is 5.91. The van der Waals surface area contributed by atoms with E-state index in [1.54, 1.807) is 35.0 Å². The van der Waals surface area contributed by atoms with Crippen LogP contribution in [-0.2, 0) is 11.2 Å². The maximum absolute atomic E-state index is 12.2. The van der Waals surface area contributed by atoms with Crippen molar-refractivity contribution in [2.24, 2.45) is 0 Å². The summed E-state index contributed by atoms with van der Waals surface area (Å²) in [6, 6.07) is 6.62. The van der Waals surface area contributed by atoms with E-state index in [9.17, 15) is 9.59 Å². The number of amides is 2. The van der Waals surface area contributed by atoms with Gasteiger partial charge in [0.05, 0.1) is 6.20 Å². The second-order valence-electron chi connectivity index (χ2n) is 5.50. The average Bonchev–Trinajstić information content (AvgIpc) is 3.02. The van der Waals surface area contributed by atoms with Crippen molar-refractivity contribution >= 4 is 34.7 Å². The molecule has 2 heterocycles. The second kappa shape index (κ2) is 7.79. The SMILES string of the molecule is C=CC(=O)Nc1ccc(C(=O)NCCc2cnc3c(Cl)cnn3c2)cc1. The van der Waals surface area contributed by atoms with Crippen LogP contribution in [0, 0.1) is 0 Å². The number of anilines is 1. The fraction of sp³-hybridized carbons (Fsp3) is 0.111. The molecule has 132 valence electrons. The van der Waals surface area contributed by atoms with Crippen molar-refractivity contribution in [1.29, 1.82) is 0 Å². The van der Waals surface area contributed by atoms with E-state index in [1.807, 2.05) is 6.20 Å². The number of nitrogens with zero attached hydrogens (tertiary/aromatic N) is 3. The normalized spacial score (nSPS) is 10.5. The Kier molecular flexibility index (Phi) is 5.28. The van der Waals surface area contributed by atoms with Gasteiger partial charge in [0.2, 0.25) is 5.91 Å². The van der Waals surface area contributed by atoms with E-state index in [2.05, 4.69) is 27.3 Å². The van der Waals surface area contributed by atoms with Gasteiger partial charge in [0, 0.05) is 30.2 Å². The van der Waals surface area contributed by atoms with Gasteiger partial charge in [-0.1, -0.05) is 18.2 Å². The number of rotatable bonds is 6. The van der Waals surface area contributed by atoms with E-state index in [4.69, 9.17) is 11.6 Å². The van der Waals surface area contributed by atoms with Crippen molar-refractivity contribution in [3.8, 4) is 0 Å². The summed E-state index contributed by atoms with van der Waals surface area (Å²) >= 11 is 5.95. The maximum atomic E-state index is 12.2. The smallest absolute Gasteiger partial charge is 0.251 e. The van der Waals surface area contributed by atoms with Gasteiger partial charge in [-0.2, -0.15) is 5.10 Å². The number of nitrogens with one attached hydrogen (secondary N) is 2. The Morgan fingerprint density at radius 3 is 2.73 bits per heavy atom. The van der Waals surface area contributed by atoms with Gasteiger partial charge in [0.15, 0.2) is 5.65 Å². The molecule has 0 unspecified atom stereocenters. The van der Waals surface area contributed by atoms with Gasteiger partial charge >= 0.3 is 0 Å². The highest BCUT2D eigenvalue weighted by molar-refractivity contribution is 6.33. The quantitative estimate of drug-likeness (QED) is 0.653. The predicted molar refractivity (Wildman–Crippen MR) is 99.3 cm³/mol. The summed E-state index contributed by atoms with van der Waals surface area (Å²) in [5.41, 5.74) is 2.64. The largest absolute Gasteiger partial charge is 0.352 e. The summed E-state index contributed by atoms with van der Waals surface area (Å²) in [5, 5.41) is 10.1. The molecule has 2 amide bonds. The van der Waals surface area contributed by atoms with Crippen LogP contribution >= 0.6 is 11.6 Å². The molecule has 7 nitrogen and oxygen atoms in total. The Balaban J connectivity index is 1.54. The highest BCUT2D eigenvalue weighted by Gasteiger charge is 2.07. The summed E-state index contributed by atoms with van der Waals surface area (Å²) in [4.78, 5) is 27.7. The molecular weight excluding hydrogens is 354 g/mol. The Labute approximate surface area is 154 Å². The molecule has 0 atom stereocenters. The maximum Gasteiger partial charge on any atom is 0.251 e. The van der Waals surface area contributed by atoms with E-state index >= 15 is 0 Å². The molecule has 3 rings (SSSR count). The molecule has 0 saturated heterocycles. The summed E-state index contributed by atoms with van der Waals surface area (Å²) < 4.78 is 1.61. The van der Waals surface area contributed by atoms with Crippen molar-refractivity contribution in [2.75, 3.05) is 11.9 Å².